The van der Waals surface area contributed by atoms with Crippen molar-refractivity contribution in [3.8, 4) is 0 Å². The molecule has 1 fully saturated rings. The van der Waals surface area contributed by atoms with E-state index in [0.717, 1.165) is 31.4 Å². The molecule has 0 radical (unpaired) electrons. The van der Waals surface area contributed by atoms with Gasteiger partial charge in [0.25, 0.3) is 0 Å². The normalized spacial score (nSPS) is 22.6. The topological polar surface area (TPSA) is 47.1 Å². The predicted molar refractivity (Wildman–Crippen MR) is 64.0 cm³/mol. The Morgan fingerprint density at radius 2 is 2.06 bits per heavy atom. The van der Waals surface area contributed by atoms with Crippen molar-refractivity contribution in [2.45, 2.75) is 44.7 Å². The molecule has 1 aromatic rings. The van der Waals surface area contributed by atoms with Gasteiger partial charge in [-0.15, -0.1) is 0 Å². The molecule has 0 bridgehead atoms. The second kappa shape index (κ2) is 3.77. The molecule has 0 amide bonds. The molecule has 16 heavy (non-hydrogen) atoms. The number of nitrogens with zero attached hydrogens (tertiary/aromatic N) is 3. The van der Waals surface area contributed by atoms with E-state index in [4.69, 9.17) is 5.73 Å². The average Bonchev–Trinajstić information content (AvgIpc) is 2.88. The van der Waals surface area contributed by atoms with Crippen molar-refractivity contribution in [3.05, 3.63) is 11.3 Å². The highest BCUT2D eigenvalue weighted by Crippen LogP contribution is 2.30. The zero-order valence-corrected chi connectivity index (χ0v) is 9.95. The summed E-state index contributed by atoms with van der Waals surface area (Å²) in [5.41, 5.74) is 8.53. The minimum Gasteiger partial charge on any atom is -0.382 e. The van der Waals surface area contributed by atoms with E-state index in [1.54, 1.807) is 0 Å². The molecule has 1 aromatic heterocycles. The van der Waals surface area contributed by atoms with Crippen molar-refractivity contribution in [1.82, 2.24) is 14.7 Å². The number of hydrogen-bond acceptors (Lipinski definition) is 3. The Morgan fingerprint density at radius 1 is 1.31 bits per heavy atom. The third-order valence-corrected chi connectivity index (χ3v) is 4.15. The minimum atomic E-state index is 0.739. The summed E-state index contributed by atoms with van der Waals surface area (Å²) < 4.78 is 1.96. The maximum atomic E-state index is 5.91. The van der Waals surface area contributed by atoms with Crippen LogP contribution < -0.4 is 5.73 Å². The van der Waals surface area contributed by atoms with Crippen molar-refractivity contribution in [1.29, 1.82) is 0 Å². The zero-order valence-electron chi connectivity index (χ0n) is 9.95. The molecule has 0 spiro atoms. The molecule has 2 aliphatic rings. The fourth-order valence-corrected chi connectivity index (χ4v) is 3.20. The van der Waals surface area contributed by atoms with Crippen molar-refractivity contribution < 1.29 is 0 Å². The van der Waals surface area contributed by atoms with Gasteiger partial charge in [0.1, 0.15) is 5.82 Å². The molecule has 3 rings (SSSR count). The fraction of sp³-hybridized carbons (Fsp3) is 0.750. The van der Waals surface area contributed by atoms with Crippen molar-refractivity contribution in [2.75, 3.05) is 12.3 Å². The van der Waals surface area contributed by atoms with E-state index in [1.165, 1.54) is 36.9 Å². The van der Waals surface area contributed by atoms with Gasteiger partial charge in [0.2, 0.25) is 0 Å². The van der Waals surface area contributed by atoms with E-state index in [0.29, 0.717) is 0 Å². The Kier molecular flexibility index (Phi) is 2.39. The summed E-state index contributed by atoms with van der Waals surface area (Å²) in [7, 11) is 2.01. The van der Waals surface area contributed by atoms with E-state index in [9.17, 15) is 0 Å². The molecule has 1 aliphatic carbocycles. The van der Waals surface area contributed by atoms with Crippen LogP contribution in [-0.2, 0) is 20.0 Å². The largest absolute Gasteiger partial charge is 0.382 e. The lowest BCUT2D eigenvalue weighted by molar-refractivity contribution is 0.176. The third kappa shape index (κ3) is 1.52. The van der Waals surface area contributed by atoms with E-state index >= 15 is 0 Å². The Labute approximate surface area is 96.4 Å². The molecular formula is C12H20N4. The lowest BCUT2D eigenvalue weighted by Gasteiger charge is -2.32. The standard InChI is InChI=1S/C12H20N4/c1-15-11-8-16(9-4-2-3-5-9)7-6-10(11)12(13)14-15/h9H,2-8H2,1H3,(H2,13,14). The van der Waals surface area contributed by atoms with Gasteiger partial charge in [-0.1, -0.05) is 12.8 Å². The lowest BCUT2D eigenvalue weighted by atomic mass is 10.0. The van der Waals surface area contributed by atoms with E-state index < -0.39 is 0 Å². The summed E-state index contributed by atoms with van der Waals surface area (Å²) in [6.45, 7) is 2.20. The van der Waals surface area contributed by atoms with Gasteiger partial charge in [0.05, 0.1) is 5.69 Å². The monoisotopic (exact) mass is 220 g/mol. The number of nitrogens with two attached hydrogens (primary N) is 1. The van der Waals surface area contributed by atoms with Crippen molar-refractivity contribution in [3.63, 3.8) is 0 Å². The summed E-state index contributed by atoms with van der Waals surface area (Å²) in [6, 6.07) is 0.810. The first-order valence-corrected chi connectivity index (χ1v) is 6.30. The van der Waals surface area contributed by atoms with Crippen LogP contribution in [0.3, 0.4) is 0 Å². The minimum absolute atomic E-state index is 0.739. The number of fused-ring (bicyclic) bond motifs is 1. The van der Waals surface area contributed by atoms with Gasteiger partial charge in [-0.25, -0.2) is 0 Å². The van der Waals surface area contributed by atoms with E-state index in [-0.39, 0.29) is 0 Å². The third-order valence-electron chi connectivity index (χ3n) is 4.15. The fourth-order valence-electron chi connectivity index (χ4n) is 3.20. The molecular weight excluding hydrogens is 200 g/mol. The number of aryl methyl sites for hydroxylation is 1. The molecule has 4 nitrogen and oxygen atoms in total. The van der Waals surface area contributed by atoms with Gasteiger partial charge >= 0.3 is 0 Å². The smallest absolute Gasteiger partial charge is 0.149 e. The van der Waals surface area contributed by atoms with Crippen LogP contribution in [0.25, 0.3) is 0 Å². The van der Waals surface area contributed by atoms with Crippen LogP contribution in [-0.4, -0.2) is 27.3 Å². The van der Waals surface area contributed by atoms with Crippen LogP contribution in [0.2, 0.25) is 0 Å². The SMILES string of the molecule is Cn1nc(N)c2c1CN(C1CCCC1)CC2. The van der Waals surface area contributed by atoms with Gasteiger partial charge in [-0.05, 0) is 19.3 Å². The predicted octanol–water partition coefficient (Wildman–Crippen LogP) is 1.30. The summed E-state index contributed by atoms with van der Waals surface area (Å²) >= 11 is 0. The second-order valence-corrected chi connectivity index (χ2v) is 5.09. The van der Waals surface area contributed by atoms with E-state index in [1.807, 2.05) is 11.7 Å². The number of nitrogen functional groups attached to an aromatic ring is 1. The van der Waals surface area contributed by atoms with Gasteiger partial charge in [0.15, 0.2) is 0 Å². The van der Waals surface area contributed by atoms with Crippen LogP contribution in [0.15, 0.2) is 0 Å². The van der Waals surface area contributed by atoms with Crippen LogP contribution in [0.5, 0.6) is 0 Å². The molecule has 4 heteroatoms. The molecule has 2 heterocycles. The number of hydrogen-bond donors (Lipinski definition) is 1. The van der Waals surface area contributed by atoms with Gasteiger partial charge in [0, 0.05) is 31.7 Å². The molecule has 2 N–H and O–H groups in total. The molecule has 1 aliphatic heterocycles. The van der Waals surface area contributed by atoms with Crippen LogP contribution >= 0.6 is 0 Å². The highest BCUT2D eigenvalue weighted by Gasteiger charge is 2.28. The summed E-state index contributed by atoms with van der Waals surface area (Å²) in [5, 5.41) is 4.32. The zero-order chi connectivity index (χ0) is 11.1. The highest BCUT2D eigenvalue weighted by molar-refractivity contribution is 5.44. The van der Waals surface area contributed by atoms with E-state index in [2.05, 4.69) is 10.00 Å². The number of rotatable bonds is 1. The summed E-state index contributed by atoms with van der Waals surface area (Å²) in [4.78, 5) is 2.62. The van der Waals surface area contributed by atoms with Crippen molar-refractivity contribution >= 4 is 5.82 Å². The van der Waals surface area contributed by atoms with Gasteiger partial charge in [-0.3, -0.25) is 9.58 Å². The summed E-state index contributed by atoms with van der Waals surface area (Å²) in [5.74, 6) is 0.739. The first-order chi connectivity index (χ1) is 7.75. The molecule has 1 saturated carbocycles. The second-order valence-electron chi connectivity index (χ2n) is 5.09. The Morgan fingerprint density at radius 3 is 2.81 bits per heavy atom. The molecule has 0 aromatic carbocycles. The Bertz CT molecular complexity index is 390. The molecule has 0 unspecified atom stereocenters. The van der Waals surface area contributed by atoms with Crippen molar-refractivity contribution in [2.24, 2.45) is 7.05 Å². The highest BCUT2D eigenvalue weighted by atomic mass is 15.3. The maximum absolute atomic E-state index is 5.91. The van der Waals surface area contributed by atoms with Gasteiger partial charge < -0.3 is 5.73 Å². The first kappa shape index (κ1) is 10.1. The quantitative estimate of drug-likeness (QED) is 0.776. The summed E-state index contributed by atoms with van der Waals surface area (Å²) in [6.07, 6.45) is 6.64. The van der Waals surface area contributed by atoms with Crippen LogP contribution in [0.4, 0.5) is 5.82 Å². The molecule has 0 atom stereocenters. The number of anilines is 1. The molecule has 88 valence electrons. The molecule has 0 saturated heterocycles. The average molecular weight is 220 g/mol. The maximum Gasteiger partial charge on any atom is 0.149 e. The number of aromatic nitrogens is 2. The van der Waals surface area contributed by atoms with Crippen LogP contribution in [0, 0.1) is 0 Å². The Balaban J connectivity index is 1.82. The first-order valence-electron chi connectivity index (χ1n) is 6.30. The van der Waals surface area contributed by atoms with Crippen LogP contribution in [0.1, 0.15) is 36.9 Å². The van der Waals surface area contributed by atoms with Gasteiger partial charge in [-0.2, -0.15) is 5.10 Å². The Hall–Kier alpha value is -1.03. The lowest BCUT2D eigenvalue weighted by Crippen LogP contribution is -2.38.